The summed E-state index contributed by atoms with van der Waals surface area (Å²) in [6.45, 7) is 3.49. The highest BCUT2D eigenvalue weighted by Crippen LogP contribution is 2.30. The number of benzene rings is 2. The van der Waals surface area contributed by atoms with Gasteiger partial charge in [0, 0.05) is 23.5 Å². The number of aryl methyl sites for hydroxylation is 1. The number of para-hydroxylation sites is 1. The van der Waals surface area contributed by atoms with Crippen LogP contribution in [0.25, 0.3) is 0 Å². The van der Waals surface area contributed by atoms with E-state index in [4.69, 9.17) is 0 Å². The van der Waals surface area contributed by atoms with Crippen molar-refractivity contribution in [2.75, 3.05) is 5.32 Å². The Morgan fingerprint density at radius 1 is 1.15 bits per heavy atom. The van der Waals surface area contributed by atoms with Gasteiger partial charge in [0.15, 0.2) is 0 Å². The van der Waals surface area contributed by atoms with Crippen LogP contribution in [0, 0.1) is 17.0 Å². The van der Waals surface area contributed by atoms with Crippen molar-refractivity contribution >= 4 is 23.3 Å². The molecule has 1 aliphatic heterocycles. The van der Waals surface area contributed by atoms with Gasteiger partial charge in [0.1, 0.15) is 0 Å². The molecule has 2 aromatic rings. The molecule has 1 aliphatic rings. The van der Waals surface area contributed by atoms with Gasteiger partial charge in [-0.25, -0.2) is 4.79 Å². The molecule has 1 heterocycles. The highest BCUT2D eigenvalue weighted by molar-refractivity contribution is 6.07. The molecular weight excluding hydrogens is 348 g/mol. The van der Waals surface area contributed by atoms with Crippen LogP contribution in [0.1, 0.15) is 24.1 Å². The number of non-ortho nitro benzene ring substituents is 1. The maximum atomic E-state index is 12.9. The second-order valence-electron chi connectivity index (χ2n) is 6.19. The first-order chi connectivity index (χ1) is 12.9. The lowest BCUT2D eigenvalue weighted by Crippen LogP contribution is -2.46. The van der Waals surface area contributed by atoms with Gasteiger partial charge >= 0.3 is 6.03 Å². The lowest BCUT2D eigenvalue weighted by Gasteiger charge is -2.28. The van der Waals surface area contributed by atoms with Crippen molar-refractivity contribution in [2.24, 2.45) is 0 Å². The first kappa shape index (κ1) is 18.1. The van der Waals surface area contributed by atoms with E-state index in [1.54, 1.807) is 19.1 Å². The minimum absolute atomic E-state index is 0.114. The molecular formula is C19H18N4O4. The third-order valence-electron chi connectivity index (χ3n) is 4.32. The van der Waals surface area contributed by atoms with Gasteiger partial charge in [0.2, 0.25) is 0 Å². The Morgan fingerprint density at radius 2 is 1.89 bits per heavy atom. The monoisotopic (exact) mass is 366 g/mol. The zero-order chi connectivity index (χ0) is 19.6. The molecule has 8 nitrogen and oxygen atoms in total. The largest absolute Gasteiger partial charge is 0.327 e. The summed E-state index contributed by atoms with van der Waals surface area (Å²) in [6, 6.07) is 11.9. The molecule has 3 rings (SSSR count). The summed E-state index contributed by atoms with van der Waals surface area (Å²) in [5.41, 5.74) is 2.56. The standard InChI is InChI=1S/C19H18N4O4/c1-11-6-3-4-9-15(11)21-18(24)16-12(2)20-19(25)22-17(16)13-7-5-8-14(10-13)23(26)27/h3-10,17H,1-2H3,(H,21,24)(H2,20,22,25)/t17-/m1/s1. The Kier molecular flexibility index (Phi) is 4.89. The highest BCUT2D eigenvalue weighted by atomic mass is 16.6. The SMILES string of the molecule is CC1=C(C(=O)Nc2ccccc2C)[C@@H](c2cccc([N+](=O)[O-])c2)NC(=O)N1. The smallest absolute Gasteiger partial charge is 0.319 e. The fraction of sp³-hybridized carbons (Fsp3) is 0.158. The maximum Gasteiger partial charge on any atom is 0.319 e. The van der Waals surface area contributed by atoms with Crippen molar-refractivity contribution in [3.05, 3.63) is 81.0 Å². The van der Waals surface area contributed by atoms with E-state index in [1.807, 2.05) is 25.1 Å². The number of nitrogens with zero attached hydrogens (tertiary/aromatic N) is 1. The molecule has 0 spiro atoms. The molecule has 0 saturated heterocycles. The average Bonchev–Trinajstić information content (AvgIpc) is 2.63. The molecule has 0 aromatic heterocycles. The quantitative estimate of drug-likeness (QED) is 0.570. The van der Waals surface area contributed by atoms with E-state index in [0.29, 0.717) is 22.5 Å². The zero-order valence-electron chi connectivity index (χ0n) is 14.8. The van der Waals surface area contributed by atoms with E-state index in [-0.39, 0.29) is 5.69 Å². The second kappa shape index (κ2) is 7.28. The minimum atomic E-state index is -0.803. The predicted octanol–water partition coefficient (Wildman–Crippen LogP) is 3.17. The van der Waals surface area contributed by atoms with Crippen molar-refractivity contribution < 1.29 is 14.5 Å². The van der Waals surface area contributed by atoms with Gasteiger partial charge in [-0.2, -0.15) is 0 Å². The Labute approximate surface area is 155 Å². The fourth-order valence-electron chi connectivity index (χ4n) is 2.97. The number of allylic oxidation sites excluding steroid dienone is 1. The number of urea groups is 1. The van der Waals surface area contributed by atoms with E-state index in [9.17, 15) is 19.7 Å². The third-order valence-corrected chi connectivity index (χ3v) is 4.32. The third kappa shape index (κ3) is 3.79. The molecule has 1 atom stereocenters. The number of nitro groups is 1. The summed E-state index contributed by atoms with van der Waals surface area (Å²) in [6.07, 6.45) is 0. The normalized spacial score (nSPS) is 16.4. The van der Waals surface area contributed by atoms with Crippen molar-refractivity contribution in [3.8, 4) is 0 Å². The molecule has 0 fully saturated rings. The van der Waals surface area contributed by atoms with Crippen molar-refractivity contribution in [3.63, 3.8) is 0 Å². The molecule has 0 radical (unpaired) electrons. The van der Waals surface area contributed by atoms with E-state index >= 15 is 0 Å². The lowest BCUT2D eigenvalue weighted by molar-refractivity contribution is -0.384. The van der Waals surface area contributed by atoms with Crippen LogP contribution in [0.4, 0.5) is 16.2 Å². The molecule has 0 aliphatic carbocycles. The molecule has 138 valence electrons. The second-order valence-corrected chi connectivity index (χ2v) is 6.19. The van der Waals surface area contributed by atoms with Crippen molar-refractivity contribution in [1.29, 1.82) is 0 Å². The summed E-state index contributed by atoms with van der Waals surface area (Å²) in [5.74, 6) is -0.397. The highest BCUT2D eigenvalue weighted by Gasteiger charge is 2.32. The fourth-order valence-corrected chi connectivity index (χ4v) is 2.97. The minimum Gasteiger partial charge on any atom is -0.327 e. The van der Waals surface area contributed by atoms with Gasteiger partial charge in [-0.05, 0) is 31.0 Å². The van der Waals surface area contributed by atoms with Crippen molar-refractivity contribution in [2.45, 2.75) is 19.9 Å². The molecule has 3 N–H and O–H groups in total. The Balaban J connectivity index is 1.99. The molecule has 2 aromatic carbocycles. The topological polar surface area (TPSA) is 113 Å². The number of nitro benzene ring substituents is 1. The summed E-state index contributed by atoms with van der Waals surface area (Å²) >= 11 is 0. The summed E-state index contributed by atoms with van der Waals surface area (Å²) in [7, 11) is 0. The van der Waals surface area contributed by atoms with Crippen LogP contribution in [0.15, 0.2) is 59.8 Å². The van der Waals surface area contributed by atoms with Gasteiger partial charge in [0.05, 0.1) is 16.5 Å². The zero-order valence-corrected chi connectivity index (χ0v) is 14.8. The van der Waals surface area contributed by atoms with Crippen LogP contribution in [0.3, 0.4) is 0 Å². The van der Waals surface area contributed by atoms with E-state index in [0.717, 1.165) is 5.56 Å². The van der Waals surface area contributed by atoms with Gasteiger partial charge in [-0.15, -0.1) is 0 Å². The van der Waals surface area contributed by atoms with Gasteiger partial charge in [-0.1, -0.05) is 30.3 Å². The predicted molar refractivity (Wildman–Crippen MR) is 100 cm³/mol. The van der Waals surface area contributed by atoms with E-state index < -0.39 is 22.9 Å². The van der Waals surface area contributed by atoms with E-state index in [2.05, 4.69) is 16.0 Å². The van der Waals surface area contributed by atoms with Crippen LogP contribution in [-0.2, 0) is 4.79 Å². The van der Waals surface area contributed by atoms with Crippen LogP contribution in [0.5, 0.6) is 0 Å². The van der Waals surface area contributed by atoms with Crippen LogP contribution < -0.4 is 16.0 Å². The number of hydrogen-bond donors (Lipinski definition) is 3. The summed E-state index contributed by atoms with van der Waals surface area (Å²) < 4.78 is 0. The summed E-state index contributed by atoms with van der Waals surface area (Å²) in [5, 5.41) is 19.2. The number of rotatable bonds is 4. The average molecular weight is 366 g/mol. The number of anilines is 1. The van der Waals surface area contributed by atoms with E-state index in [1.165, 1.54) is 18.2 Å². The molecule has 0 bridgehead atoms. The number of hydrogen-bond acceptors (Lipinski definition) is 4. The van der Waals surface area contributed by atoms with Crippen molar-refractivity contribution in [1.82, 2.24) is 10.6 Å². The maximum absolute atomic E-state index is 12.9. The van der Waals surface area contributed by atoms with Crippen LogP contribution in [-0.4, -0.2) is 16.9 Å². The molecule has 0 unspecified atom stereocenters. The van der Waals surface area contributed by atoms with Crippen LogP contribution >= 0.6 is 0 Å². The number of carbonyl (C=O) groups excluding carboxylic acids is 2. The molecule has 8 heteroatoms. The summed E-state index contributed by atoms with van der Waals surface area (Å²) in [4.78, 5) is 35.4. The number of nitrogens with one attached hydrogen (secondary N) is 3. The molecule has 27 heavy (non-hydrogen) atoms. The Bertz CT molecular complexity index is 968. The molecule has 3 amide bonds. The van der Waals surface area contributed by atoms with Crippen LogP contribution in [0.2, 0.25) is 0 Å². The molecule has 0 saturated carbocycles. The lowest BCUT2D eigenvalue weighted by atomic mass is 9.94. The number of amides is 3. The Morgan fingerprint density at radius 3 is 2.59 bits per heavy atom. The van der Waals surface area contributed by atoms with Gasteiger partial charge in [0.25, 0.3) is 11.6 Å². The first-order valence-electron chi connectivity index (χ1n) is 8.26. The van der Waals surface area contributed by atoms with Gasteiger partial charge < -0.3 is 16.0 Å². The van der Waals surface area contributed by atoms with Gasteiger partial charge in [-0.3, -0.25) is 14.9 Å². The number of carbonyl (C=O) groups is 2. The Hall–Kier alpha value is -3.68. The first-order valence-corrected chi connectivity index (χ1v) is 8.26.